The van der Waals surface area contributed by atoms with E-state index in [4.69, 9.17) is 0 Å². The fourth-order valence-corrected chi connectivity index (χ4v) is 1.99. The number of fused-ring (bicyclic) bond motifs is 1. The average Bonchev–Trinajstić information content (AvgIpc) is 3.02. The Kier molecular flexibility index (Phi) is 2.59. The van der Waals surface area contributed by atoms with Gasteiger partial charge in [-0.3, -0.25) is 10.1 Å². The lowest BCUT2D eigenvalue weighted by atomic mass is 10.1. The van der Waals surface area contributed by atoms with E-state index in [0.717, 1.165) is 12.8 Å². The van der Waals surface area contributed by atoms with E-state index in [1.807, 2.05) is 0 Å². The summed E-state index contributed by atoms with van der Waals surface area (Å²) in [5.74, 6) is 0. The van der Waals surface area contributed by atoms with Crippen LogP contribution in [0, 0.1) is 15.5 Å². The van der Waals surface area contributed by atoms with Crippen molar-refractivity contribution in [3.05, 3.63) is 22.2 Å². The molecule has 0 amide bonds. The van der Waals surface area contributed by atoms with Crippen LogP contribution in [0.2, 0.25) is 0 Å². The molecule has 0 atom stereocenters. The van der Waals surface area contributed by atoms with Gasteiger partial charge in [-0.1, -0.05) is 0 Å². The Morgan fingerprint density at radius 3 is 2.79 bits per heavy atom. The van der Waals surface area contributed by atoms with Gasteiger partial charge in [0.2, 0.25) is 5.52 Å². The lowest BCUT2D eigenvalue weighted by Gasteiger charge is -2.13. The Bertz CT molecular complexity index is 635. The van der Waals surface area contributed by atoms with E-state index in [9.17, 15) is 15.2 Å². The predicted octanol–water partition coefficient (Wildman–Crippen LogP) is 1.32. The molecule has 0 aliphatic heterocycles. The molecule has 1 saturated carbocycles. The van der Waals surface area contributed by atoms with Crippen molar-refractivity contribution in [1.82, 2.24) is 10.3 Å². The van der Waals surface area contributed by atoms with Gasteiger partial charge in [0.05, 0.1) is 17.2 Å². The van der Waals surface area contributed by atoms with Crippen LogP contribution in [0.15, 0.2) is 16.8 Å². The second-order valence-corrected chi connectivity index (χ2v) is 4.86. The minimum atomic E-state index is -0.521. The highest BCUT2D eigenvalue weighted by Gasteiger charge is 2.41. The number of anilines is 1. The fraction of sp³-hybridized carbons (Fsp3) is 0.455. The molecule has 1 aliphatic rings. The molecule has 0 saturated heterocycles. The first-order chi connectivity index (χ1) is 9.15. The molecule has 0 radical (unpaired) electrons. The maximum Gasteiger partial charge on any atom is 0.300 e. The number of nitro benzene ring substituents is 1. The van der Waals surface area contributed by atoms with Gasteiger partial charge in [-0.2, -0.15) is 0 Å². The standard InChI is InChI=1S/C11H12N4O4/c16-6-11(3-4-11)5-12-7-1-2-8(15(17)18)10-9(7)13-19-14-10/h1-2,12,16H,3-6H2. The minimum Gasteiger partial charge on any atom is -0.396 e. The Morgan fingerprint density at radius 2 is 2.16 bits per heavy atom. The highest BCUT2D eigenvalue weighted by Crippen LogP contribution is 2.45. The Hall–Kier alpha value is -2.22. The van der Waals surface area contributed by atoms with Crippen LogP contribution in [0.4, 0.5) is 11.4 Å². The van der Waals surface area contributed by atoms with Crippen LogP contribution in [-0.4, -0.2) is 33.5 Å². The molecule has 2 N–H and O–H groups in total. The highest BCUT2D eigenvalue weighted by atomic mass is 16.6. The molecular weight excluding hydrogens is 252 g/mol. The SMILES string of the molecule is O=[N+]([O-])c1ccc(NCC2(CO)CC2)c2nonc12. The largest absolute Gasteiger partial charge is 0.396 e. The van der Waals surface area contributed by atoms with Gasteiger partial charge < -0.3 is 10.4 Å². The van der Waals surface area contributed by atoms with Gasteiger partial charge in [-0.05, 0) is 29.2 Å². The molecule has 0 unspecified atom stereocenters. The quantitative estimate of drug-likeness (QED) is 0.618. The molecule has 19 heavy (non-hydrogen) atoms. The first-order valence-electron chi connectivity index (χ1n) is 5.90. The van der Waals surface area contributed by atoms with Crippen molar-refractivity contribution in [2.45, 2.75) is 12.8 Å². The number of rotatable bonds is 5. The summed E-state index contributed by atoms with van der Waals surface area (Å²) in [6.45, 7) is 0.733. The van der Waals surface area contributed by atoms with E-state index in [0.29, 0.717) is 17.7 Å². The van der Waals surface area contributed by atoms with E-state index in [1.54, 1.807) is 6.07 Å². The van der Waals surface area contributed by atoms with Gasteiger partial charge in [-0.25, -0.2) is 4.63 Å². The van der Waals surface area contributed by atoms with E-state index < -0.39 is 4.92 Å². The maximum absolute atomic E-state index is 10.8. The van der Waals surface area contributed by atoms with Gasteiger partial charge >= 0.3 is 5.69 Å². The molecule has 8 heteroatoms. The molecule has 0 bridgehead atoms. The van der Waals surface area contributed by atoms with Crippen molar-refractivity contribution in [3.8, 4) is 0 Å². The van der Waals surface area contributed by atoms with Crippen molar-refractivity contribution in [2.75, 3.05) is 18.5 Å². The fourth-order valence-electron chi connectivity index (χ4n) is 1.99. The number of nitro groups is 1. The Labute approximate surface area is 107 Å². The van der Waals surface area contributed by atoms with Crippen molar-refractivity contribution >= 4 is 22.4 Å². The number of nitrogens with zero attached hydrogens (tertiary/aromatic N) is 3. The highest BCUT2D eigenvalue weighted by molar-refractivity contribution is 5.93. The molecular formula is C11H12N4O4. The van der Waals surface area contributed by atoms with Crippen LogP contribution in [0.25, 0.3) is 11.0 Å². The van der Waals surface area contributed by atoms with E-state index in [2.05, 4.69) is 20.3 Å². The monoisotopic (exact) mass is 264 g/mol. The zero-order valence-corrected chi connectivity index (χ0v) is 10.00. The second kappa shape index (κ2) is 4.16. The van der Waals surface area contributed by atoms with Gasteiger partial charge in [0.15, 0.2) is 5.52 Å². The molecule has 1 aromatic carbocycles. The van der Waals surface area contributed by atoms with E-state index in [-0.39, 0.29) is 23.2 Å². The molecule has 1 fully saturated rings. The van der Waals surface area contributed by atoms with Gasteiger partial charge in [0.25, 0.3) is 0 Å². The average molecular weight is 264 g/mol. The number of aliphatic hydroxyl groups excluding tert-OH is 1. The molecule has 1 aliphatic carbocycles. The first kappa shape index (κ1) is 11.8. The molecule has 1 aromatic heterocycles. The van der Waals surface area contributed by atoms with E-state index in [1.165, 1.54) is 6.07 Å². The van der Waals surface area contributed by atoms with Crippen LogP contribution in [-0.2, 0) is 0 Å². The molecule has 2 aromatic rings. The predicted molar refractivity (Wildman–Crippen MR) is 65.7 cm³/mol. The third-order valence-corrected chi connectivity index (χ3v) is 3.54. The lowest BCUT2D eigenvalue weighted by molar-refractivity contribution is -0.383. The summed E-state index contributed by atoms with van der Waals surface area (Å²) in [5.41, 5.74) is 0.893. The third kappa shape index (κ3) is 1.99. The maximum atomic E-state index is 10.8. The minimum absolute atomic E-state index is 0.0642. The number of benzene rings is 1. The first-order valence-corrected chi connectivity index (χ1v) is 5.90. The smallest absolute Gasteiger partial charge is 0.300 e. The summed E-state index contributed by atoms with van der Waals surface area (Å²) in [4.78, 5) is 10.3. The summed E-state index contributed by atoms with van der Waals surface area (Å²) in [7, 11) is 0. The zero-order chi connectivity index (χ0) is 13.5. The van der Waals surface area contributed by atoms with Crippen LogP contribution >= 0.6 is 0 Å². The van der Waals surface area contributed by atoms with Gasteiger partial charge in [0, 0.05) is 18.0 Å². The topological polar surface area (TPSA) is 114 Å². The summed E-state index contributed by atoms with van der Waals surface area (Å²) in [6, 6.07) is 2.95. The summed E-state index contributed by atoms with van der Waals surface area (Å²) in [5, 5.41) is 30.5. The van der Waals surface area contributed by atoms with Crippen LogP contribution in [0.1, 0.15) is 12.8 Å². The Balaban J connectivity index is 1.90. The zero-order valence-electron chi connectivity index (χ0n) is 10.00. The number of hydrogen-bond donors (Lipinski definition) is 2. The normalized spacial score (nSPS) is 16.5. The molecule has 8 nitrogen and oxygen atoms in total. The van der Waals surface area contributed by atoms with Gasteiger partial charge in [0.1, 0.15) is 0 Å². The van der Waals surface area contributed by atoms with Crippen molar-refractivity contribution in [1.29, 1.82) is 0 Å². The van der Waals surface area contributed by atoms with Gasteiger partial charge in [-0.15, -0.1) is 0 Å². The molecule has 0 spiro atoms. The van der Waals surface area contributed by atoms with E-state index >= 15 is 0 Å². The van der Waals surface area contributed by atoms with Crippen molar-refractivity contribution in [2.24, 2.45) is 5.41 Å². The summed E-state index contributed by atoms with van der Waals surface area (Å²) < 4.78 is 4.58. The number of aliphatic hydroxyl groups is 1. The molecule has 1 heterocycles. The number of non-ortho nitro benzene ring substituents is 1. The third-order valence-electron chi connectivity index (χ3n) is 3.54. The lowest BCUT2D eigenvalue weighted by Crippen LogP contribution is -2.19. The molecule has 100 valence electrons. The van der Waals surface area contributed by atoms with Crippen LogP contribution < -0.4 is 5.32 Å². The number of hydrogen-bond acceptors (Lipinski definition) is 7. The molecule has 3 rings (SSSR count). The number of nitrogens with one attached hydrogen (secondary N) is 1. The Morgan fingerprint density at radius 1 is 1.42 bits per heavy atom. The number of aromatic nitrogens is 2. The van der Waals surface area contributed by atoms with Crippen molar-refractivity contribution < 1.29 is 14.7 Å². The summed E-state index contributed by atoms with van der Waals surface area (Å²) in [6.07, 6.45) is 1.95. The van der Waals surface area contributed by atoms with Crippen LogP contribution in [0.5, 0.6) is 0 Å². The second-order valence-electron chi connectivity index (χ2n) is 4.86. The summed E-state index contributed by atoms with van der Waals surface area (Å²) >= 11 is 0. The van der Waals surface area contributed by atoms with Crippen LogP contribution in [0.3, 0.4) is 0 Å². The van der Waals surface area contributed by atoms with Crippen molar-refractivity contribution in [3.63, 3.8) is 0 Å².